The molecular weight excluding hydrogens is 491 g/mol. The van der Waals surface area contributed by atoms with Crippen molar-refractivity contribution in [1.29, 1.82) is 0 Å². The fourth-order valence-electron chi connectivity index (χ4n) is 2.82. The Kier molecular flexibility index (Phi) is 22.5. The summed E-state index contributed by atoms with van der Waals surface area (Å²) < 4.78 is 53.5. The van der Waals surface area contributed by atoms with Crippen molar-refractivity contribution in [2.24, 2.45) is 0 Å². The maximum absolute atomic E-state index is 9.83. The van der Waals surface area contributed by atoms with Crippen molar-refractivity contribution in [2.45, 2.75) is 0 Å². The van der Waals surface area contributed by atoms with Gasteiger partial charge in [0.2, 0.25) is 0 Å². The first-order chi connectivity index (χ1) is 18.2. The third-order valence-electron chi connectivity index (χ3n) is 4.61. The monoisotopic (exact) mass is 534 g/mol. The molecule has 0 fully saturated rings. The Morgan fingerprint density at radius 1 is 0.486 bits per heavy atom. The lowest BCUT2D eigenvalue weighted by Gasteiger charge is -2.16. The summed E-state index contributed by atoms with van der Waals surface area (Å²) >= 11 is 0. The predicted molar refractivity (Wildman–Crippen MR) is 136 cm³/mol. The predicted octanol–water partition coefficient (Wildman–Crippen LogP) is -0.484. The molecule has 0 aliphatic heterocycles. The minimum atomic E-state index is -1.76. The van der Waals surface area contributed by atoms with E-state index in [0.29, 0.717) is 104 Å². The minimum absolute atomic E-state index is 0.149. The van der Waals surface area contributed by atoms with Crippen LogP contribution in [0.15, 0.2) is 18.2 Å². The van der Waals surface area contributed by atoms with Gasteiger partial charge in [-0.05, 0) is 12.1 Å². The third-order valence-corrected chi connectivity index (χ3v) is 4.61. The van der Waals surface area contributed by atoms with Crippen LogP contribution in [0.2, 0.25) is 0 Å². The Bertz CT molecular complexity index is 591. The highest BCUT2D eigenvalue weighted by molar-refractivity contribution is 6.60. The highest BCUT2D eigenvalue weighted by atomic mass is 16.6. The number of rotatable bonds is 27. The van der Waals surface area contributed by atoms with Gasteiger partial charge in [-0.2, -0.15) is 0 Å². The Morgan fingerprint density at radius 2 is 0.784 bits per heavy atom. The summed E-state index contributed by atoms with van der Waals surface area (Å²) in [6.45, 7) is 6.96. The van der Waals surface area contributed by atoms with Crippen LogP contribution in [-0.2, 0) is 37.9 Å². The largest absolute Gasteiger partial charge is 0.496 e. The van der Waals surface area contributed by atoms with Gasteiger partial charge in [0.1, 0.15) is 24.7 Å². The van der Waals surface area contributed by atoms with E-state index in [0.717, 1.165) is 0 Å². The van der Waals surface area contributed by atoms with E-state index in [2.05, 4.69) is 0 Å². The molecule has 1 aromatic carbocycles. The summed E-state index contributed by atoms with van der Waals surface area (Å²) in [5.74, 6) is 0.616. The van der Waals surface area contributed by atoms with Crippen molar-refractivity contribution in [1.82, 2.24) is 0 Å². The van der Waals surface area contributed by atoms with Gasteiger partial charge >= 0.3 is 7.12 Å². The van der Waals surface area contributed by atoms with Gasteiger partial charge in [-0.15, -0.1) is 0 Å². The highest BCUT2D eigenvalue weighted by Gasteiger charge is 2.23. The van der Waals surface area contributed by atoms with E-state index >= 15 is 0 Å². The van der Waals surface area contributed by atoms with Crippen LogP contribution in [0.25, 0.3) is 0 Å². The molecule has 0 bridgehead atoms. The summed E-state index contributed by atoms with van der Waals surface area (Å²) in [6, 6.07) is 4.99. The summed E-state index contributed by atoms with van der Waals surface area (Å²) in [7, 11) is 1.49. The number of methoxy groups -OCH3 is 2. The quantitative estimate of drug-likeness (QED) is 0.112. The third kappa shape index (κ3) is 18.4. The molecule has 37 heavy (non-hydrogen) atoms. The average Bonchev–Trinajstić information content (AvgIpc) is 2.89. The molecule has 0 aliphatic carbocycles. The lowest BCUT2D eigenvalue weighted by molar-refractivity contribution is -0.0000400. The molecule has 0 aliphatic rings. The van der Waals surface area contributed by atoms with Gasteiger partial charge in [0.25, 0.3) is 0 Å². The average molecular weight is 534 g/mol. The van der Waals surface area contributed by atoms with Crippen molar-refractivity contribution in [3.05, 3.63) is 18.2 Å². The van der Waals surface area contributed by atoms with E-state index in [-0.39, 0.29) is 18.7 Å². The van der Waals surface area contributed by atoms with Crippen LogP contribution in [-0.4, -0.2) is 137 Å². The van der Waals surface area contributed by atoms with E-state index < -0.39 is 7.12 Å². The Balaban J connectivity index is 2.16. The van der Waals surface area contributed by atoms with Crippen LogP contribution in [0.4, 0.5) is 0 Å². The van der Waals surface area contributed by atoms with Gasteiger partial charge in [0.15, 0.2) is 0 Å². The number of hydrogen-bond acceptors (Lipinski definition) is 12. The molecule has 1 rings (SSSR count). The topological polar surface area (TPSA) is 133 Å². The molecule has 2 N–H and O–H groups in total. The van der Waals surface area contributed by atoms with Crippen molar-refractivity contribution >= 4 is 12.6 Å². The molecule has 1 aromatic rings. The number of hydrogen-bond donors (Lipinski definition) is 2. The molecule has 0 saturated carbocycles. The standard InChI is InChI=1S/C24H43BO12/c1-28-6-8-30-10-12-32-14-16-34-18-20-36-22-4-3-5-23(24(22)25(26)27)37-21-19-35-17-15-33-13-11-31-9-7-29-2/h3-5,26-27H,6-21H2,1-2H3. The first-order valence-electron chi connectivity index (χ1n) is 12.4. The second-order valence-corrected chi connectivity index (χ2v) is 7.40. The number of benzene rings is 1. The normalized spacial score (nSPS) is 11.1. The van der Waals surface area contributed by atoms with Crippen LogP contribution >= 0.6 is 0 Å². The van der Waals surface area contributed by atoms with Gasteiger partial charge in [-0.25, -0.2) is 0 Å². The van der Waals surface area contributed by atoms with Gasteiger partial charge in [-0.1, -0.05) is 6.07 Å². The molecular formula is C24H43BO12. The first-order valence-corrected chi connectivity index (χ1v) is 12.4. The molecule has 0 heterocycles. The molecule has 0 unspecified atom stereocenters. The minimum Gasteiger partial charge on any atom is -0.491 e. The number of ether oxygens (including phenoxy) is 10. The van der Waals surface area contributed by atoms with Crippen LogP contribution in [0.3, 0.4) is 0 Å². The Morgan fingerprint density at radius 3 is 1.08 bits per heavy atom. The van der Waals surface area contributed by atoms with Gasteiger partial charge < -0.3 is 57.4 Å². The molecule has 0 atom stereocenters. The zero-order valence-corrected chi connectivity index (χ0v) is 22.1. The first kappa shape index (κ1) is 33.5. The fraction of sp³-hybridized carbons (Fsp3) is 0.750. The van der Waals surface area contributed by atoms with E-state index in [4.69, 9.17) is 47.4 Å². The van der Waals surface area contributed by atoms with E-state index in [1.165, 1.54) is 0 Å². The summed E-state index contributed by atoms with van der Waals surface area (Å²) in [5.41, 5.74) is 0.149. The second-order valence-electron chi connectivity index (χ2n) is 7.40. The van der Waals surface area contributed by atoms with E-state index in [1.807, 2.05) is 0 Å². The highest BCUT2D eigenvalue weighted by Crippen LogP contribution is 2.17. The van der Waals surface area contributed by atoms with Crippen molar-refractivity contribution in [3.63, 3.8) is 0 Å². The fourth-order valence-corrected chi connectivity index (χ4v) is 2.82. The smallest absolute Gasteiger partial charge is 0.491 e. The van der Waals surface area contributed by atoms with Gasteiger partial charge in [-0.3, -0.25) is 0 Å². The maximum atomic E-state index is 9.83. The summed E-state index contributed by atoms with van der Waals surface area (Å²) in [5, 5.41) is 19.7. The second kappa shape index (κ2) is 24.8. The van der Waals surface area contributed by atoms with Gasteiger partial charge in [0.05, 0.1) is 98.0 Å². The summed E-state index contributed by atoms with van der Waals surface area (Å²) in [4.78, 5) is 0. The van der Waals surface area contributed by atoms with Crippen molar-refractivity contribution < 1.29 is 57.4 Å². The molecule has 0 spiro atoms. The lowest BCUT2D eigenvalue weighted by Crippen LogP contribution is -2.34. The molecule has 0 amide bonds. The molecule has 0 saturated heterocycles. The molecule has 0 radical (unpaired) electrons. The van der Waals surface area contributed by atoms with Gasteiger partial charge in [0, 0.05) is 14.2 Å². The van der Waals surface area contributed by atoms with Crippen LogP contribution in [0.5, 0.6) is 11.5 Å². The molecule has 0 aromatic heterocycles. The Hall–Kier alpha value is -1.52. The summed E-state index contributed by atoms with van der Waals surface area (Å²) in [6.07, 6.45) is 0. The Labute approximate surface area is 220 Å². The van der Waals surface area contributed by atoms with E-state index in [1.54, 1.807) is 32.4 Å². The SMILES string of the molecule is COCCOCCOCCOCCOc1cccc(OCCOCCOCCOCCOC)c1B(O)O. The van der Waals surface area contributed by atoms with Crippen molar-refractivity contribution in [2.75, 3.05) is 120 Å². The van der Waals surface area contributed by atoms with E-state index in [9.17, 15) is 10.0 Å². The van der Waals surface area contributed by atoms with Crippen LogP contribution in [0, 0.1) is 0 Å². The molecule has 214 valence electrons. The maximum Gasteiger partial charge on any atom is 0.496 e. The zero-order valence-electron chi connectivity index (χ0n) is 22.1. The zero-order chi connectivity index (χ0) is 26.8. The van der Waals surface area contributed by atoms with Crippen molar-refractivity contribution in [3.8, 4) is 11.5 Å². The van der Waals surface area contributed by atoms with Crippen LogP contribution < -0.4 is 14.9 Å². The lowest BCUT2D eigenvalue weighted by atomic mass is 9.78. The molecule has 12 nitrogen and oxygen atoms in total. The van der Waals surface area contributed by atoms with Crippen LogP contribution in [0.1, 0.15) is 0 Å². The molecule has 13 heteroatoms.